The van der Waals surface area contributed by atoms with E-state index in [4.69, 9.17) is 11.0 Å². The van der Waals surface area contributed by atoms with Gasteiger partial charge in [0.25, 0.3) is 0 Å². The molecule has 2 N–H and O–H groups in total. The topological polar surface area (TPSA) is 94.7 Å². The zero-order valence-electron chi connectivity index (χ0n) is 10.00. The summed E-state index contributed by atoms with van der Waals surface area (Å²) < 4.78 is 2.09. The van der Waals surface area contributed by atoms with Crippen molar-refractivity contribution in [2.75, 3.05) is 17.2 Å². The molecule has 0 fully saturated rings. The minimum Gasteiger partial charge on any atom is -0.396 e. The number of anilines is 2. The van der Waals surface area contributed by atoms with Crippen LogP contribution in [0.4, 0.5) is 10.7 Å². The number of nitriles is 2. The number of hydrogen-bond donors (Lipinski definition) is 1. The Morgan fingerprint density at radius 3 is 2.89 bits per heavy atom. The summed E-state index contributed by atoms with van der Waals surface area (Å²) in [5.74, 6) is 0.959. The van der Waals surface area contributed by atoms with E-state index in [-0.39, 0.29) is 0 Å². The van der Waals surface area contributed by atoms with Crippen LogP contribution in [0, 0.1) is 22.7 Å². The van der Waals surface area contributed by atoms with Crippen LogP contribution in [-0.2, 0) is 13.1 Å². The molecule has 0 aromatic carbocycles. The Morgan fingerprint density at radius 1 is 1.32 bits per heavy atom. The molecule has 6 nitrogen and oxygen atoms in total. The van der Waals surface area contributed by atoms with E-state index >= 15 is 0 Å². The van der Waals surface area contributed by atoms with Gasteiger partial charge in [-0.15, -0.1) is 11.3 Å². The van der Waals surface area contributed by atoms with Crippen molar-refractivity contribution in [2.24, 2.45) is 0 Å². The van der Waals surface area contributed by atoms with E-state index in [0.29, 0.717) is 22.7 Å². The van der Waals surface area contributed by atoms with Crippen LogP contribution in [0.15, 0.2) is 12.4 Å². The van der Waals surface area contributed by atoms with Crippen molar-refractivity contribution < 1.29 is 0 Å². The molecule has 7 heteroatoms. The Bertz CT molecular complexity index is 714. The molecule has 3 heterocycles. The van der Waals surface area contributed by atoms with E-state index in [9.17, 15) is 5.26 Å². The van der Waals surface area contributed by atoms with Crippen LogP contribution >= 0.6 is 11.3 Å². The van der Waals surface area contributed by atoms with E-state index in [1.807, 2.05) is 12.3 Å². The van der Waals surface area contributed by atoms with Gasteiger partial charge in [-0.25, -0.2) is 4.98 Å². The lowest BCUT2D eigenvalue weighted by Crippen LogP contribution is -2.33. The third-order valence-corrected chi connectivity index (χ3v) is 4.34. The molecule has 94 valence electrons. The van der Waals surface area contributed by atoms with Gasteiger partial charge in [0.2, 0.25) is 0 Å². The van der Waals surface area contributed by atoms with Crippen LogP contribution in [0.1, 0.15) is 16.3 Å². The molecule has 0 spiro atoms. The second-order valence-electron chi connectivity index (χ2n) is 4.21. The molecule has 0 aliphatic carbocycles. The largest absolute Gasteiger partial charge is 0.396 e. The van der Waals surface area contributed by atoms with Gasteiger partial charge in [-0.2, -0.15) is 10.5 Å². The Balaban J connectivity index is 2.01. The van der Waals surface area contributed by atoms with E-state index in [1.165, 1.54) is 11.3 Å². The van der Waals surface area contributed by atoms with Crippen LogP contribution in [0.25, 0.3) is 0 Å². The Kier molecular flexibility index (Phi) is 2.62. The van der Waals surface area contributed by atoms with Gasteiger partial charge in [0.1, 0.15) is 33.4 Å². The zero-order valence-corrected chi connectivity index (χ0v) is 10.8. The van der Waals surface area contributed by atoms with Crippen LogP contribution in [0.2, 0.25) is 0 Å². The van der Waals surface area contributed by atoms with Gasteiger partial charge in [0.05, 0.1) is 12.2 Å². The maximum Gasteiger partial charge on any atom is 0.131 e. The number of nitrogen functional groups attached to an aromatic ring is 1. The lowest BCUT2D eigenvalue weighted by molar-refractivity contribution is 0.562. The number of nitrogens with zero attached hydrogens (tertiary/aromatic N) is 5. The van der Waals surface area contributed by atoms with Gasteiger partial charge >= 0.3 is 0 Å². The number of imidazole rings is 1. The van der Waals surface area contributed by atoms with Gasteiger partial charge < -0.3 is 15.2 Å². The molecule has 0 atom stereocenters. The van der Waals surface area contributed by atoms with Crippen molar-refractivity contribution in [3.8, 4) is 12.1 Å². The molecule has 0 bridgehead atoms. The third-order valence-electron chi connectivity index (χ3n) is 3.17. The summed E-state index contributed by atoms with van der Waals surface area (Å²) in [6.07, 6.45) is 3.72. The first-order valence-corrected chi connectivity index (χ1v) is 6.53. The Hall–Kier alpha value is -2.51. The molecule has 1 aliphatic heterocycles. The van der Waals surface area contributed by atoms with Gasteiger partial charge in [-0.05, 0) is 0 Å². The average molecular weight is 270 g/mol. The van der Waals surface area contributed by atoms with E-state index in [1.54, 1.807) is 6.20 Å². The first-order valence-electron chi connectivity index (χ1n) is 5.72. The summed E-state index contributed by atoms with van der Waals surface area (Å²) >= 11 is 1.27. The molecule has 0 amide bonds. The standard InChI is InChI=1S/C12H10N6S/c13-5-8-11(15)9(6-14)19-12(8)18-4-3-17-2-1-16-10(17)7-18/h1-2H,3-4,7,15H2. The second-order valence-corrected chi connectivity index (χ2v) is 5.21. The van der Waals surface area contributed by atoms with Crippen LogP contribution < -0.4 is 10.6 Å². The molecule has 3 rings (SSSR count). The van der Waals surface area contributed by atoms with Gasteiger partial charge in [0, 0.05) is 25.5 Å². The lowest BCUT2D eigenvalue weighted by Gasteiger charge is -2.28. The summed E-state index contributed by atoms with van der Waals surface area (Å²) in [6.45, 7) is 2.23. The highest BCUT2D eigenvalue weighted by molar-refractivity contribution is 7.17. The van der Waals surface area contributed by atoms with E-state index in [0.717, 1.165) is 23.9 Å². The highest BCUT2D eigenvalue weighted by Gasteiger charge is 2.24. The molecule has 2 aromatic heterocycles. The molecule has 19 heavy (non-hydrogen) atoms. The van der Waals surface area contributed by atoms with E-state index in [2.05, 4.69) is 20.5 Å². The summed E-state index contributed by atoms with van der Waals surface area (Å²) in [4.78, 5) is 6.75. The number of nitrogens with two attached hydrogens (primary N) is 1. The maximum absolute atomic E-state index is 9.21. The first kappa shape index (κ1) is 11.6. The quantitative estimate of drug-likeness (QED) is 0.842. The van der Waals surface area contributed by atoms with Gasteiger partial charge in [-0.1, -0.05) is 0 Å². The minimum absolute atomic E-state index is 0.291. The number of thiophene rings is 1. The predicted molar refractivity (Wildman–Crippen MR) is 71.4 cm³/mol. The number of rotatable bonds is 1. The summed E-state index contributed by atoms with van der Waals surface area (Å²) in [5, 5.41) is 19.0. The molecule has 1 aliphatic rings. The SMILES string of the molecule is N#Cc1sc(N2CCn3ccnc3C2)c(C#N)c1N. The fourth-order valence-corrected chi connectivity index (χ4v) is 3.19. The van der Waals surface area contributed by atoms with E-state index < -0.39 is 0 Å². The Labute approximate surface area is 113 Å². The predicted octanol–water partition coefficient (Wildman–Crippen LogP) is 1.29. The fraction of sp³-hybridized carbons (Fsp3) is 0.250. The van der Waals surface area contributed by atoms with Crippen LogP contribution in [0.5, 0.6) is 0 Å². The van der Waals surface area contributed by atoms with Crippen molar-refractivity contribution >= 4 is 22.0 Å². The van der Waals surface area contributed by atoms with Crippen molar-refractivity contribution in [3.63, 3.8) is 0 Å². The number of fused-ring (bicyclic) bond motifs is 1. The van der Waals surface area contributed by atoms with Crippen molar-refractivity contribution in [3.05, 3.63) is 28.7 Å². The fourth-order valence-electron chi connectivity index (χ4n) is 2.19. The smallest absolute Gasteiger partial charge is 0.131 e. The number of aromatic nitrogens is 2. The first-order chi connectivity index (χ1) is 9.24. The highest BCUT2D eigenvalue weighted by atomic mass is 32.1. The van der Waals surface area contributed by atoms with Crippen molar-refractivity contribution in [2.45, 2.75) is 13.1 Å². The summed E-state index contributed by atoms with van der Waals surface area (Å²) in [5.41, 5.74) is 6.52. The monoisotopic (exact) mass is 270 g/mol. The molecular formula is C12H10N6S. The van der Waals surface area contributed by atoms with Crippen molar-refractivity contribution in [1.29, 1.82) is 10.5 Å². The summed E-state index contributed by atoms with van der Waals surface area (Å²) in [7, 11) is 0. The van der Waals surface area contributed by atoms with Crippen LogP contribution in [0.3, 0.4) is 0 Å². The normalized spacial score (nSPS) is 13.7. The number of hydrogen-bond acceptors (Lipinski definition) is 6. The molecule has 0 unspecified atom stereocenters. The zero-order chi connectivity index (χ0) is 13.4. The third kappa shape index (κ3) is 1.72. The lowest BCUT2D eigenvalue weighted by atomic mass is 10.2. The molecular weight excluding hydrogens is 260 g/mol. The molecule has 0 radical (unpaired) electrons. The summed E-state index contributed by atoms with van der Waals surface area (Å²) in [6, 6.07) is 4.14. The molecule has 0 saturated carbocycles. The molecule has 2 aromatic rings. The maximum atomic E-state index is 9.21. The minimum atomic E-state index is 0.291. The second kappa shape index (κ2) is 4.30. The van der Waals surface area contributed by atoms with Crippen molar-refractivity contribution in [1.82, 2.24) is 9.55 Å². The van der Waals surface area contributed by atoms with Crippen LogP contribution in [-0.4, -0.2) is 16.1 Å². The van der Waals surface area contributed by atoms with Gasteiger partial charge in [0.15, 0.2) is 0 Å². The molecule has 0 saturated heterocycles. The van der Waals surface area contributed by atoms with Gasteiger partial charge in [-0.3, -0.25) is 0 Å². The average Bonchev–Trinajstić information content (AvgIpc) is 3.01. The Morgan fingerprint density at radius 2 is 2.16 bits per heavy atom. The highest BCUT2D eigenvalue weighted by Crippen LogP contribution is 2.38.